The topological polar surface area (TPSA) is 108 Å². The Kier molecular flexibility index (Phi) is 3.51. The minimum absolute atomic E-state index is 0.0417. The third kappa shape index (κ3) is 2.73. The maximum atomic E-state index is 11.0. The average Bonchev–Trinajstić information content (AvgIpc) is 2.86. The average molecular weight is 263 g/mol. The van der Waals surface area contributed by atoms with Crippen molar-refractivity contribution in [1.29, 1.82) is 0 Å². The molecule has 0 saturated carbocycles. The van der Waals surface area contributed by atoms with Crippen molar-refractivity contribution in [3.63, 3.8) is 0 Å². The highest BCUT2D eigenvalue weighted by Gasteiger charge is 2.20. The van der Waals surface area contributed by atoms with Crippen LogP contribution in [0.15, 0.2) is 28.8 Å². The number of nitro groups is 1. The summed E-state index contributed by atoms with van der Waals surface area (Å²) in [5, 5.41) is 14.5. The molecule has 0 aliphatic rings. The molecule has 0 spiro atoms. The fourth-order valence-corrected chi connectivity index (χ4v) is 1.45. The van der Waals surface area contributed by atoms with Crippen LogP contribution in [0.2, 0.25) is 0 Å². The van der Waals surface area contributed by atoms with E-state index in [4.69, 9.17) is 4.52 Å². The summed E-state index contributed by atoms with van der Waals surface area (Å²) in [7, 11) is 1.24. The number of methoxy groups -OCH3 is 1. The van der Waals surface area contributed by atoms with E-state index in [1.54, 1.807) is 6.07 Å². The van der Waals surface area contributed by atoms with E-state index in [1.807, 2.05) is 0 Å². The van der Waals surface area contributed by atoms with Gasteiger partial charge in [0.05, 0.1) is 12.0 Å². The molecule has 0 atom stereocenters. The van der Waals surface area contributed by atoms with Crippen LogP contribution in [0, 0.1) is 10.1 Å². The summed E-state index contributed by atoms with van der Waals surface area (Å²) in [4.78, 5) is 25.3. The number of para-hydroxylation sites is 1. The number of hydrogen-bond donors (Lipinski definition) is 0. The quantitative estimate of drug-likeness (QED) is 0.465. The second-order valence-electron chi connectivity index (χ2n) is 3.54. The zero-order chi connectivity index (χ0) is 13.8. The number of nitro benzene ring substituents is 1. The van der Waals surface area contributed by atoms with Crippen LogP contribution in [0.3, 0.4) is 0 Å². The van der Waals surface area contributed by atoms with E-state index in [0.717, 1.165) is 0 Å². The first-order valence-corrected chi connectivity index (χ1v) is 5.25. The van der Waals surface area contributed by atoms with Crippen molar-refractivity contribution >= 4 is 11.7 Å². The monoisotopic (exact) mass is 263 g/mol. The summed E-state index contributed by atoms with van der Waals surface area (Å²) >= 11 is 0. The Hall–Kier alpha value is -2.77. The lowest BCUT2D eigenvalue weighted by Crippen LogP contribution is -2.04. The van der Waals surface area contributed by atoms with E-state index in [0.29, 0.717) is 0 Å². The molecule has 0 aliphatic carbocycles. The largest absolute Gasteiger partial charge is 0.469 e. The van der Waals surface area contributed by atoms with Crippen LogP contribution in [0.4, 0.5) is 5.69 Å². The van der Waals surface area contributed by atoms with Gasteiger partial charge in [0.15, 0.2) is 0 Å². The van der Waals surface area contributed by atoms with Gasteiger partial charge in [0, 0.05) is 6.07 Å². The third-order valence-electron chi connectivity index (χ3n) is 2.33. The Morgan fingerprint density at radius 3 is 2.89 bits per heavy atom. The van der Waals surface area contributed by atoms with Crippen LogP contribution in [-0.4, -0.2) is 28.1 Å². The molecule has 0 amide bonds. The van der Waals surface area contributed by atoms with Crippen LogP contribution in [-0.2, 0) is 16.0 Å². The van der Waals surface area contributed by atoms with Gasteiger partial charge in [0.1, 0.15) is 12.0 Å². The van der Waals surface area contributed by atoms with E-state index < -0.39 is 10.9 Å². The molecule has 0 N–H and O–H groups in total. The van der Waals surface area contributed by atoms with Gasteiger partial charge in [-0.25, -0.2) is 0 Å². The van der Waals surface area contributed by atoms with Crippen molar-refractivity contribution < 1.29 is 19.0 Å². The van der Waals surface area contributed by atoms with Gasteiger partial charge in [-0.15, -0.1) is 0 Å². The number of esters is 1. The van der Waals surface area contributed by atoms with Crippen LogP contribution in [0.25, 0.3) is 11.4 Å². The molecule has 0 aliphatic heterocycles. The maximum Gasteiger partial charge on any atom is 0.315 e. The molecule has 8 nitrogen and oxygen atoms in total. The number of rotatable bonds is 4. The molecule has 2 aromatic rings. The summed E-state index contributed by atoms with van der Waals surface area (Å²) in [5.41, 5.74) is 0.0975. The van der Waals surface area contributed by atoms with E-state index in [9.17, 15) is 14.9 Å². The van der Waals surface area contributed by atoms with Crippen molar-refractivity contribution in [1.82, 2.24) is 10.1 Å². The summed E-state index contributed by atoms with van der Waals surface area (Å²) in [6.07, 6.45) is -0.176. The molecule has 1 aromatic carbocycles. The van der Waals surface area contributed by atoms with Gasteiger partial charge in [-0.3, -0.25) is 14.9 Å². The van der Waals surface area contributed by atoms with Crippen LogP contribution in [0.1, 0.15) is 5.89 Å². The first-order valence-electron chi connectivity index (χ1n) is 5.25. The van der Waals surface area contributed by atoms with Gasteiger partial charge in [-0.05, 0) is 6.07 Å². The van der Waals surface area contributed by atoms with Gasteiger partial charge in [0.2, 0.25) is 11.7 Å². The van der Waals surface area contributed by atoms with Crippen LogP contribution >= 0.6 is 0 Å². The zero-order valence-corrected chi connectivity index (χ0v) is 9.90. The summed E-state index contributed by atoms with van der Waals surface area (Å²) in [6.45, 7) is 0. The minimum Gasteiger partial charge on any atom is -0.469 e. The summed E-state index contributed by atoms with van der Waals surface area (Å²) in [5.74, 6) is -0.427. The lowest BCUT2D eigenvalue weighted by molar-refractivity contribution is -0.384. The van der Waals surface area contributed by atoms with Gasteiger partial charge < -0.3 is 9.26 Å². The molecule has 98 valence electrons. The first-order chi connectivity index (χ1) is 9.11. The molecule has 0 saturated heterocycles. The molecule has 1 aromatic heterocycles. The predicted octanol–water partition coefficient (Wildman–Crippen LogP) is 1.36. The molecule has 1 heterocycles. The van der Waals surface area contributed by atoms with Crippen molar-refractivity contribution in [2.75, 3.05) is 7.11 Å². The zero-order valence-electron chi connectivity index (χ0n) is 9.90. The molecular weight excluding hydrogens is 254 g/mol. The van der Waals surface area contributed by atoms with E-state index in [-0.39, 0.29) is 29.4 Å². The molecule has 0 fully saturated rings. The lowest BCUT2D eigenvalue weighted by atomic mass is 10.2. The second-order valence-corrected chi connectivity index (χ2v) is 3.54. The van der Waals surface area contributed by atoms with Crippen LogP contribution in [0.5, 0.6) is 0 Å². The Morgan fingerprint density at radius 2 is 2.21 bits per heavy atom. The highest BCUT2D eigenvalue weighted by molar-refractivity contribution is 5.72. The number of aromatic nitrogens is 2. The molecule has 8 heteroatoms. The van der Waals surface area contributed by atoms with Gasteiger partial charge in [-0.2, -0.15) is 4.98 Å². The number of carbonyl (C=O) groups is 1. The predicted molar refractivity (Wildman–Crippen MR) is 62.1 cm³/mol. The van der Waals surface area contributed by atoms with Crippen molar-refractivity contribution in [2.45, 2.75) is 6.42 Å². The number of nitrogens with zero attached hydrogens (tertiary/aromatic N) is 3. The Labute approximate surface area is 107 Å². The molecule has 0 bridgehead atoms. The molecule has 0 unspecified atom stereocenters. The molecule has 2 rings (SSSR count). The minimum atomic E-state index is -0.536. The van der Waals surface area contributed by atoms with Crippen molar-refractivity contribution in [3.8, 4) is 11.4 Å². The van der Waals surface area contributed by atoms with Gasteiger partial charge in [0.25, 0.3) is 5.69 Å². The molecule has 19 heavy (non-hydrogen) atoms. The van der Waals surface area contributed by atoms with E-state index in [1.165, 1.54) is 25.3 Å². The van der Waals surface area contributed by atoms with Gasteiger partial charge >= 0.3 is 5.97 Å². The number of ether oxygens (including phenoxy) is 1. The van der Waals surface area contributed by atoms with E-state index >= 15 is 0 Å². The fraction of sp³-hybridized carbons (Fsp3) is 0.182. The lowest BCUT2D eigenvalue weighted by Gasteiger charge is -1.96. The Morgan fingerprint density at radius 1 is 1.47 bits per heavy atom. The Balaban J connectivity index is 2.33. The summed E-state index contributed by atoms with van der Waals surface area (Å²) in [6, 6.07) is 6.01. The first kappa shape index (κ1) is 12.7. The molecular formula is C11H9N3O5. The standard InChI is InChI=1S/C11H9N3O5/c1-18-10(15)6-9-12-11(13-19-9)7-4-2-3-5-8(7)14(16)17/h2-5H,6H2,1H3. The second kappa shape index (κ2) is 5.25. The SMILES string of the molecule is COC(=O)Cc1nc(-c2ccccc2[N+](=O)[O-])no1. The van der Waals surface area contributed by atoms with Crippen molar-refractivity contribution in [3.05, 3.63) is 40.3 Å². The summed E-state index contributed by atoms with van der Waals surface area (Å²) < 4.78 is 9.30. The van der Waals surface area contributed by atoms with Gasteiger partial charge in [-0.1, -0.05) is 17.3 Å². The normalized spacial score (nSPS) is 10.2. The highest BCUT2D eigenvalue weighted by Crippen LogP contribution is 2.26. The van der Waals surface area contributed by atoms with Crippen LogP contribution < -0.4 is 0 Å². The Bertz CT molecular complexity index is 622. The van der Waals surface area contributed by atoms with Crippen molar-refractivity contribution in [2.24, 2.45) is 0 Å². The highest BCUT2D eigenvalue weighted by atomic mass is 16.6. The third-order valence-corrected chi connectivity index (χ3v) is 2.33. The maximum absolute atomic E-state index is 11.0. The number of carbonyl (C=O) groups excluding carboxylic acids is 1. The smallest absolute Gasteiger partial charge is 0.315 e. The van der Waals surface area contributed by atoms with E-state index in [2.05, 4.69) is 14.9 Å². The fourth-order valence-electron chi connectivity index (χ4n) is 1.45. The number of hydrogen-bond acceptors (Lipinski definition) is 7. The number of benzene rings is 1. The molecule has 0 radical (unpaired) electrons.